The zero-order valence-electron chi connectivity index (χ0n) is 18.3. The van der Waals surface area contributed by atoms with Crippen molar-refractivity contribution in [2.24, 2.45) is 0 Å². The Morgan fingerprint density at radius 3 is 2.45 bits per heavy atom. The zero-order valence-corrected chi connectivity index (χ0v) is 18.3. The van der Waals surface area contributed by atoms with Gasteiger partial charge in [-0.1, -0.05) is 74.0 Å². The maximum Gasteiger partial charge on any atom is 0.261 e. The molecule has 3 aromatic carbocycles. The molecular formula is C27H32N2O2. The van der Waals surface area contributed by atoms with Crippen LogP contribution in [-0.2, 0) is 17.9 Å². The minimum Gasteiger partial charge on any atom is -0.480 e. The number of likely N-dealkylation sites (tertiary alicyclic amines) is 1. The molecule has 1 amide bonds. The fourth-order valence-electron chi connectivity index (χ4n) is 4.31. The number of fused-ring (bicyclic) bond motifs is 1. The number of nitrogens with zero attached hydrogens (tertiary/aromatic N) is 1. The Morgan fingerprint density at radius 2 is 1.65 bits per heavy atom. The maximum absolute atomic E-state index is 12.9. The summed E-state index contributed by atoms with van der Waals surface area (Å²) < 4.78 is 6.16. The Bertz CT molecular complexity index is 1010. The van der Waals surface area contributed by atoms with Gasteiger partial charge in [-0.05, 0) is 54.9 Å². The molecule has 3 aromatic rings. The van der Waals surface area contributed by atoms with E-state index in [1.54, 1.807) is 0 Å². The normalized spacial score (nSPS) is 15.5. The average Bonchev–Trinajstić information content (AvgIpc) is 2.82. The highest BCUT2D eigenvalue weighted by molar-refractivity contribution is 5.89. The van der Waals surface area contributed by atoms with Crippen molar-refractivity contribution in [3.05, 3.63) is 77.9 Å². The van der Waals surface area contributed by atoms with E-state index in [2.05, 4.69) is 40.5 Å². The highest BCUT2D eigenvalue weighted by atomic mass is 16.5. The summed E-state index contributed by atoms with van der Waals surface area (Å²) in [4.78, 5) is 15.5. The predicted molar refractivity (Wildman–Crippen MR) is 126 cm³/mol. The van der Waals surface area contributed by atoms with Crippen LogP contribution in [0.5, 0.6) is 5.75 Å². The molecule has 1 aliphatic rings. The van der Waals surface area contributed by atoms with Gasteiger partial charge in [-0.25, -0.2) is 0 Å². The van der Waals surface area contributed by atoms with E-state index in [4.69, 9.17) is 4.74 Å². The lowest BCUT2D eigenvalue weighted by Crippen LogP contribution is -2.38. The molecule has 0 unspecified atom stereocenters. The number of piperidine rings is 1. The molecular weight excluding hydrogens is 384 g/mol. The van der Waals surface area contributed by atoms with E-state index >= 15 is 0 Å². The van der Waals surface area contributed by atoms with E-state index in [9.17, 15) is 4.79 Å². The van der Waals surface area contributed by atoms with Crippen LogP contribution >= 0.6 is 0 Å². The molecule has 1 N–H and O–H groups in total. The van der Waals surface area contributed by atoms with Crippen molar-refractivity contribution in [3.8, 4) is 5.75 Å². The third-order valence-corrected chi connectivity index (χ3v) is 6.10. The second-order valence-electron chi connectivity index (χ2n) is 8.32. The standard InChI is InChI=1S/C27H32N2O2/c1-2-25(31-26-16-10-14-21-11-6-7-15-24(21)26)27(30)28-19-22-12-4-5-13-23(22)20-29-17-8-3-9-18-29/h4-7,10-16,25H,2-3,8-9,17-20H2,1H3,(H,28,30)/t25-/m0/s1. The van der Waals surface area contributed by atoms with Gasteiger partial charge < -0.3 is 10.1 Å². The molecule has 4 heteroatoms. The minimum atomic E-state index is -0.514. The Morgan fingerprint density at radius 1 is 0.935 bits per heavy atom. The minimum absolute atomic E-state index is 0.0665. The van der Waals surface area contributed by atoms with E-state index in [1.165, 1.54) is 30.4 Å². The molecule has 31 heavy (non-hydrogen) atoms. The Kier molecular flexibility index (Phi) is 7.21. The first-order valence-electron chi connectivity index (χ1n) is 11.5. The molecule has 0 aliphatic carbocycles. The van der Waals surface area contributed by atoms with Gasteiger partial charge in [-0.2, -0.15) is 0 Å². The summed E-state index contributed by atoms with van der Waals surface area (Å²) in [5, 5.41) is 5.26. The Balaban J connectivity index is 1.40. The highest BCUT2D eigenvalue weighted by Crippen LogP contribution is 2.26. The van der Waals surface area contributed by atoms with E-state index in [1.807, 2.05) is 43.3 Å². The molecule has 0 spiro atoms. The van der Waals surface area contributed by atoms with Crippen molar-refractivity contribution in [2.45, 2.75) is 51.8 Å². The predicted octanol–water partition coefficient (Wildman–Crippen LogP) is 5.30. The SMILES string of the molecule is CC[C@H](Oc1cccc2ccccc12)C(=O)NCc1ccccc1CN1CCCCC1. The summed E-state index contributed by atoms with van der Waals surface area (Å²) in [7, 11) is 0. The van der Waals surface area contributed by atoms with Crippen LogP contribution in [0.15, 0.2) is 66.7 Å². The highest BCUT2D eigenvalue weighted by Gasteiger charge is 2.20. The Labute approximate surface area is 185 Å². The Hall–Kier alpha value is -2.85. The second-order valence-corrected chi connectivity index (χ2v) is 8.32. The second kappa shape index (κ2) is 10.5. The lowest BCUT2D eigenvalue weighted by atomic mass is 10.0. The van der Waals surface area contributed by atoms with Crippen LogP contribution in [0, 0.1) is 0 Å². The summed E-state index contributed by atoms with van der Waals surface area (Å²) >= 11 is 0. The van der Waals surface area contributed by atoms with Crippen LogP contribution in [0.25, 0.3) is 10.8 Å². The first-order chi connectivity index (χ1) is 15.2. The molecule has 4 rings (SSSR count). The van der Waals surface area contributed by atoms with Crippen molar-refractivity contribution >= 4 is 16.7 Å². The van der Waals surface area contributed by atoms with Gasteiger partial charge in [-0.15, -0.1) is 0 Å². The first-order valence-corrected chi connectivity index (χ1v) is 11.5. The van der Waals surface area contributed by atoms with Crippen molar-refractivity contribution in [3.63, 3.8) is 0 Å². The molecule has 1 fully saturated rings. The topological polar surface area (TPSA) is 41.6 Å². The molecule has 4 nitrogen and oxygen atoms in total. The van der Waals surface area contributed by atoms with Crippen molar-refractivity contribution < 1.29 is 9.53 Å². The van der Waals surface area contributed by atoms with E-state index in [0.29, 0.717) is 13.0 Å². The number of hydrogen-bond acceptors (Lipinski definition) is 3. The van der Waals surface area contributed by atoms with Gasteiger partial charge in [0.1, 0.15) is 5.75 Å². The number of carbonyl (C=O) groups is 1. The van der Waals surface area contributed by atoms with E-state index in [0.717, 1.165) is 36.2 Å². The molecule has 1 heterocycles. The largest absolute Gasteiger partial charge is 0.480 e. The molecule has 0 saturated carbocycles. The number of carbonyl (C=O) groups excluding carboxylic acids is 1. The maximum atomic E-state index is 12.9. The van der Waals surface area contributed by atoms with Gasteiger partial charge in [-0.3, -0.25) is 9.69 Å². The summed E-state index contributed by atoms with van der Waals surface area (Å²) in [5.74, 6) is 0.689. The van der Waals surface area contributed by atoms with Crippen LogP contribution in [0.2, 0.25) is 0 Å². The number of hydrogen-bond donors (Lipinski definition) is 1. The quantitative estimate of drug-likeness (QED) is 0.542. The van der Waals surface area contributed by atoms with Crippen molar-refractivity contribution in [1.82, 2.24) is 10.2 Å². The first kappa shape index (κ1) is 21.4. The third kappa shape index (κ3) is 5.45. The average molecular weight is 417 g/mol. The lowest BCUT2D eigenvalue weighted by Gasteiger charge is -2.27. The number of ether oxygens (including phenoxy) is 1. The summed E-state index contributed by atoms with van der Waals surface area (Å²) in [5.41, 5.74) is 2.48. The van der Waals surface area contributed by atoms with Crippen LogP contribution in [0.1, 0.15) is 43.7 Å². The molecule has 1 saturated heterocycles. The molecule has 0 bridgehead atoms. The van der Waals surface area contributed by atoms with E-state index in [-0.39, 0.29) is 5.91 Å². The molecule has 162 valence electrons. The number of nitrogens with one attached hydrogen (secondary N) is 1. The van der Waals surface area contributed by atoms with Gasteiger partial charge in [0.25, 0.3) is 5.91 Å². The number of rotatable bonds is 8. The zero-order chi connectivity index (χ0) is 21.5. The summed E-state index contributed by atoms with van der Waals surface area (Å²) in [6.45, 7) is 5.79. The van der Waals surface area contributed by atoms with Gasteiger partial charge >= 0.3 is 0 Å². The monoisotopic (exact) mass is 416 g/mol. The summed E-state index contributed by atoms with van der Waals surface area (Å²) in [6.07, 6.45) is 4.00. The van der Waals surface area contributed by atoms with Crippen LogP contribution in [0.3, 0.4) is 0 Å². The number of benzene rings is 3. The lowest BCUT2D eigenvalue weighted by molar-refractivity contribution is -0.128. The van der Waals surface area contributed by atoms with Gasteiger partial charge in [0.05, 0.1) is 0 Å². The van der Waals surface area contributed by atoms with Crippen LogP contribution in [0.4, 0.5) is 0 Å². The molecule has 1 atom stereocenters. The van der Waals surface area contributed by atoms with Crippen LogP contribution < -0.4 is 10.1 Å². The molecule has 0 radical (unpaired) electrons. The van der Waals surface area contributed by atoms with Crippen molar-refractivity contribution in [2.75, 3.05) is 13.1 Å². The van der Waals surface area contributed by atoms with Gasteiger partial charge in [0, 0.05) is 18.5 Å². The van der Waals surface area contributed by atoms with E-state index < -0.39 is 6.10 Å². The van der Waals surface area contributed by atoms with Gasteiger partial charge in [0.2, 0.25) is 0 Å². The fraction of sp³-hybridized carbons (Fsp3) is 0.370. The summed E-state index contributed by atoms with van der Waals surface area (Å²) in [6, 6.07) is 22.5. The van der Waals surface area contributed by atoms with Gasteiger partial charge in [0.15, 0.2) is 6.10 Å². The molecule has 1 aliphatic heterocycles. The van der Waals surface area contributed by atoms with Crippen molar-refractivity contribution in [1.29, 1.82) is 0 Å². The fourth-order valence-corrected chi connectivity index (χ4v) is 4.31. The number of amides is 1. The molecule has 0 aromatic heterocycles. The smallest absolute Gasteiger partial charge is 0.261 e. The third-order valence-electron chi connectivity index (χ3n) is 6.10. The van der Waals surface area contributed by atoms with Crippen LogP contribution in [-0.4, -0.2) is 30.0 Å².